The van der Waals surface area contributed by atoms with E-state index >= 15 is 0 Å². The monoisotopic (exact) mass is 759 g/mol. The maximum atomic E-state index is 5.69. The van der Waals surface area contributed by atoms with E-state index in [0.29, 0.717) is 0 Å². The standard InChI is InChI=1S/C54H55N4/c1-9-15-35-29-47-48-30-36(16-10-2)46(56-48)32-44(34-23-27-38(28-24-34)54(6,7)8)50-40-18-12-14-20-42(40)52(58-50)51-41-19-13-11-17-39(41)49(57-51)43(31-45(35)55-47)33-21-25-37(26-22-33)53(3,4)5/h11-14,17-32,55-57H,9-10,15-16H2,1-8H3/q+1. The second-order valence-electron chi connectivity index (χ2n) is 18.3. The van der Waals surface area contributed by atoms with Crippen molar-refractivity contribution in [1.29, 1.82) is 0 Å². The van der Waals surface area contributed by atoms with Crippen LogP contribution in [-0.4, -0.2) is 15.7 Å². The van der Waals surface area contributed by atoms with Crippen molar-refractivity contribution < 1.29 is 0 Å². The number of hydrogen-bond acceptors (Lipinski definition) is 2. The summed E-state index contributed by atoms with van der Waals surface area (Å²) in [7, 11) is 0. The zero-order valence-corrected chi connectivity index (χ0v) is 35.3. The van der Waals surface area contributed by atoms with Gasteiger partial charge in [-0.1, -0.05) is 159 Å². The molecule has 4 aromatic carbocycles. The highest BCUT2D eigenvalue weighted by Crippen LogP contribution is 2.37. The van der Waals surface area contributed by atoms with Crippen LogP contribution in [0.3, 0.4) is 0 Å². The minimum absolute atomic E-state index is 0.0499. The number of aliphatic imine (C=N–C) groups is 1. The first-order valence-electron chi connectivity index (χ1n) is 21.2. The van der Waals surface area contributed by atoms with Crippen LogP contribution in [-0.2, 0) is 17.3 Å². The Balaban J connectivity index is 1.44. The maximum absolute atomic E-state index is 5.69. The molecule has 4 nitrogen and oxygen atoms in total. The Hall–Kier alpha value is -6.00. The number of aromatic amines is 2. The van der Waals surface area contributed by atoms with Crippen LogP contribution < -0.4 is 26.7 Å². The number of hydrogen-bond donors (Lipinski definition) is 3. The van der Waals surface area contributed by atoms with Crippen molar-refractivity contribution in [2.24, 2.45) is 4.99 Å². The average Bonchev–Trinajstić information content (AvgIpc) is 3.99. The largest absolute Gasteiger partial charge is 0.352 e. The summed E-state index contributed by atoms with van der Waals surface area (Å²) in [6.07, 6.45) is 11.2. The van der Waals surface area contributed by atoms with Gasteiger partial charge in [0.25, 0.3) is 0 Å². The smallest absolute Gasteiger partial charge is 0.186 e. The number of H-pyrrole nitrogens is 2. The van der Waals surface area contributed by atoms with Crippen molar-refractivity contribution in [1.82, 2.24) is 15.3 Å². The summed E-state index contributed by atoms with van der Waals surface area (Å²) in [5.41, 5.74) is 16.4. The fourth-order valence-electron chi connectivity index (χ4n) is 8.81. The van der Waals surface area contributed by atoms with Crippen molar-refractivity contribution in [3.05, 3.63) is 187 Å². The third kappa shape index (κ3) is 6.69. The molecule has 0 aliphatic carbocycles. The van der Waals surface area contributed by atoms with Gasteiger partial charge in [-0.2, -0.15) is 0 Å². The van der Waals surface area contributed by atoms with Gasteiger partial charge in [0, 0.05) is 45.2 Å². The van der Waals surface area contributed by atoms with Crippen LogP contribution in [0.5, 0.6) is 0 Å². The highest BCUT2D eigenvalue weighted by molar-refractivity contribution is 6.36. The quantitative estimate of drug-likeness (QED) is 0.146. The molecule has 0 fully saturated rings. The molecule has 0 spiro atoms. The first kappa shape index (κ1) is 37.6. The molecule has 0 saturated heterocycles. The second kappa shape index (κ2) is 14.4. The van der Waals surface area contributed by atoms with Crippen molar-refractivity contribution in [3.63, 3.8) is 0 Å². The molecule has 6 aromatic rings. The molecule has 0 unspecified atom stereocenters. The van der Waals surface area contributed by atoms with Crippen molar-refractivity contribution in [2.75, 3.05) is 0 Å². The second-order valence-corrected chi connectivity index (χ2v) is 18.3. The molecule has 2 aromatic heterocycles. The van der Waals surface area contributed by atoms with Crippen LogP contribution in [0.25, 0.3) is 39.4 Å². The van der Waals surface area contributed by atoms with E-state index in [0.717, 1.165) is 103 Å². The topological polar surface area (TPSA) is 56.0 Å². The summed E-state index contributed by atoms with van der Waals surface area (Å²) in [6.45, 7) is 18.2. The predicted molar refractivity (Wildman–Crippen MR) is 245 cm³/mol. The first-order chi connectivity index (χ1) is 27.9. The number of rotatable bonds is 6. The van der Waals surface area contributed by atoms with E-state index in [2.05, 4.69) is 192 Å². The highest BCUT2D eigenvalue weighted by atomic mass is 14.9. The van der Waals surface area contributed by atoms with E-state index in [4.69, 9.17) is 4.99 Å². The van der Waals surface area contributed by atoms with Gasteiger partial charge in [-0.3, -0.25) is 5.32 Å². The minimum Gasteiger partial charge on any atom is -0.352 e. The van der Waals surface area contributed by atoms with Crippen LogP contribution >= 0.6 is 0 Å². The maximum Gasteiger partial charge on any atom is 0.186 e. The van der Waals surface area contributed by atoms with Gasteiger partial charge < -0.3 is 9.97 Å². The SMILES string of the molecule is CCCC1=C2C=C(c3ccc(C(C)(C)C)cc3)C3=NC(=c4[nH]c(c5ccccc45)=C(c4ccc(C(C)(C)C)cc4)C=c4[nH]c(cc4CCC)=C([CH+]1)N2)c1ccccc13. The molecule has 290 valence electrons. The van der Waals surface area contributed by atoms with Gasteiger partial charge in [-0.25, -0.2) is 4.99 Å². The molecule has 3 aliphatic rings. The summed E-state index contributed by atoms with van der Waals surface area (Å²) in [5.74, 6) is 0. The van der Waals surface area contributed by atoms with Gasteiger partial charge in [0.1, 0.15) is 5.70 Å². The van der Waals surface area contributed by atoms with Crippen LogP contribution in [0.2, 0.25) is 0 Å². The number of nitrogens with zero attached hydrogens (tertiary/aromatic N) is 1. The Morgan fingerprint density at radius 2 is 1.22 bits per heavy atom. The number of nitrogens with one attached hydrogen (secondary N) is 3. The van der Waals surface area contributed by atoms with Gasteiger partial charge in [0.2, 0.25) is 0 Å². The van der Waals surface area contributed by atoms with Gasteiger partial charge in [-0.15, -0.1) is 0 Å². The van der Waals surface area contributed by atoms with Crippen molar-refractivity contribution in [3.8, 4) is 0 Å². The van der Waals surface area contributed by atoms with E-state index in [-0.39, 0.29) is 10.8 Å². The lowest BCUT2D eigenvalue weighted by atomic mass is 9.85. The zero-order chi connectivity index (χ0) is 40.3. The molecule has 58 heavy (non-hydrogen) atoms. The van der Waals surface area contributed by atoms with Gasteiger partial charge >= 0.3 is 0 Å². The van der Waals surface area contributed by atoms with E-state index in [1.807, 2.05) is 0 Å². The fourth-order valence-corrected chi connectivity index (χ4v) is 8.81. The Morgan fingerprint density at radius 1 is 0.621 bits per heavy atom. The van der Waals surface area contributed by atoms with E-state index in [1.54, 1.807) is 0 Å². The van der Waals surface area contributed by atoms with Gasteiger partial charge in [0.15, 0.2) is 11.0 Å². The summed E-state index contributed by atoms with van der Waals surface area (Å²) in [6, 6.07) is 38.3. The lowest BCUT2D eigenvalue weighted by molar-refractivity contribution is 0.590. The summed E-state index contributed by atoms with van der Waals surface area (Å²) >= 11 is 0. The Bertz CT molecular complexity index is 2940. The normalized spacial score (nSPS) is 15.3. The van der Waals surface area contributed by atoms with E-state index in [1.165, 1.54) is 33.2 Å². The molecule has 0 saturated carbocycles. The fraction of sp³-hybridized carbons (Fsp3) is 0.259. The van der Waals surface area contributed by atoms with Crippen LogP contribution in [0.15, 0.2) is 125 Å². The molecular formula is C54H55N4+. The molecule has 3 N–H and O–H groups in total. The lowest BCUT2D eigenvalue weighted by Crippen LogP contribution is -2.21. The number of fused-ring (bicyclic) bond motifs is 13. The third-order valence-corrected chi connectivity index (χ3v) is 12.0. The molecule has 0 amide bonds. The van der Waals surface area contributed by atoms with Gasteiger partial charge in [-0.05, 0) is 64.0 Å². The molecule has 4 heteroatoms. The van der Waals surface area contributed by atoms with E-state index in [9.17, 15) is 0 Å². The summed E-state index contributed by atoms with van der Waals surface area (Å²) in [5, 5.41) is 10.6. The van der Waals surface area contributed by atoms with Crippen molar-refractivity contribution in [2.45, 2.75) is 91.9 Å². The molecule has 0 radical (unpaired) electrons. The zero-order valence-electron chi connectivity index (χ0n) is 35.3. The van der Waals surface area contributed by atoms with Crippen molar-refractivity contribution >= 4 is 45.1 Å². The lowest BCUT2D eigenvalue weighted by Gasteiger charge is -2.19. The van der Waals surface area contributed by atoms with Crippen LogP contribution in [0.4, 0.5) is 0 Å². The minimum atomic E-state index is 0.0499. The Kier molecular flexibility index (Phi) is 9.35. The molecule has 3 aliphatic heterocycles. The summed E-state index contributed by atoms with van der Waals surface area (Å²) < 4.78 is 0. The molecular weight excluding hydrogens is 705 g/mol. The average molecular weight is 760 g/mol. The molecule has 5 heterocycles. The Labute approximate surface area is 343 Å². The Morgan fingerprint density at radius 3 is 1.86 bits per heavy atom. The number of allylic oxidation sites excluding steroid dienone is 2. The third-order valence-electron chi connectivity index (χ3n) is 12.0. The molecule has 8 bridgehead atoms. The first-order valence-corrected chi connectivity index (χ1v) is 21.2. The number of aryl methyl sites for hydroxylation is 1. The number of benzene rings is 4. The van der Waals surface area contributed by atoms with Crippen LogP contribution in [0.1, 0.15) is 114 Å². The molecule has 0 atom stereocenters. The highest BCUT2D eigenvalue weighted by Gasteiger charge is 2.31. The predicted octanol–water partition coefficient (Wildman–Crippen LogP) is 9.75. The van der Waals surface area contributed by atoms with Gasteiger partial charge in [0.05, 0.1) is 39.5 Å². The molecule has 9 rings (SSSR count). The number of aromatic nitrogens is 2. The van der Waals surface area contributed by atoms with Crippen LogP contribution in [0, 0.1) is 6.42 Å². The summed E-state index contributed by atoms with van der Waals surface area (Å²) in [4.78, 5) is 13.7. The van der Waals surface area contributed by atoms with E-state index < -0.39 is 0 Å².